The normalized spacial score (nSPS) is 27.9. The van der Waals surface area contributed by atoms with Crippen LogP contribution in [0.3, 0.4) is 0 Å². The predicted molar refractivity (Wildman–Crippen MR) is 71.2 cm³/mol. The fraction of sp³-hybridized carbons (Fsp3) is 0.533. The number of nitrogens with one attached hydrogen (secondary N) is 1. The second-order valence-corrected chi connectivity index (χ2v) is 5.34. The van der Waals surface area contributed by atoms with Gasteiger partial charge in [0.2, 0.25) is 0 Å². The molecule has 3 atom stereocenters. The van der Waals surface area contributed by atoms with Crippen molar-refractivity contribution < 1.29 is 9.90 Å². The number of aliphatic carboxylic acids is 1. The molecule has 1 aliphatic carbocycles. The van der Waals surface area contributed by atoms with Crippen LogP contribution in [0.25, 0.3) is 0 Å². The molecule has 2 rings (SSSR count). The molecule has 3 heteroatoms. The Labute approximate surface area is 108 Å². The van der Waals surface area contributed by atoms with Crippen molar-refractivity contribution in [3.05, 3.63) is 35.9 Å². The van der Waals surface area contributed by atoms with E-state index in [9.17, 15) is 9.90 Å². The van der Waals surface area contributed by atoms with E-state index < -0.39 is 5.97 Å². The van der Waals surface area contributed by atoms with Crippen molar-refractivity contribution in [2.24, 2.45) is 11.8 Å². The van der Waals surface area contributed by atoms with E-state index >= 15 is 0 Å². The average molecular weight is 247 g/mol. The summed E-state index contributed by atoms with van der Waals surface area (Å²) in [5.41, 5.74) is 1.21. The summed E-state index contributed by atoms with van der Waals surface area (Å²) in [6.45, 7) is 2.96. The molecular weight excluding hydrogens is 226 g/mol. The van der Waals surface area contributed by atoms with Gasteiger partial charge in [0.1, 0.15) is 0 Å². The number of benzene rings is 1. The van der Waals surface area contributed by atoms with Crippen molar-refractivity contribution in [2.75, 3.05) is 0 Å². The summed E-state index contributed by atoms with van der Waals surface area (Å²) in [6, 6.07) is 10.2. The van der Waals surface area contributed by atoms with E-state index in [-0.39, 0.29) is 12.0 Å². The number of hydrogen-bond donors (Lipinski definition) is 2. The Morgan fingerprint density at radius 3 is 2.72 bits per heavy atom. The highest BCUT2D eigenvalue weighted by Crippen LogP contribution is 2.29. The number of hydrogen-bond acceptors (Lipinski definition) is 2. The molecule has 3 nitrogen and oxygen atoms in total. The van der Waals surface area contributed by atoms with Gasteiger partial charge in [-0.2, -0.15) is 0 Å². The van der Waals surface area contributed by atoms with Gasteiger partial charge in [-0.1, -0.05) is 37.3 Å². The molecule has 3 unspecified atom stereocenters. The van der Waals surface area contributed by atoms with E-state index in [1.807, 2.05) is 18.2 Å². The molecular formula is C15H21NO2. The van der Waals surface area contributed by atoms with Crippen molar-refractivity contribution in [1.82, 2.24) is 5.32 Å². The highest BCUT2D eigenvalue weighted by molar-refractivity contribution is 5.71. The maximum absolute atomic E-state index is 11.2. The van der Waals surface area contributed by atoms with Crippen LogP contribution in [0.2, 0.25) is 0 Å². The lowest BCUT2D eigenvalue weighted by molar-refractivity contribution is -0.144. The van der Waals surface area contributed by atoms with Gasteiger partial charge in [0.15, 0.2) is 0 Å². The molecule has 0 heterocycles. The third kappa shape index (κ3) is 3.33. The first kappa shape index (κ1) is 13.1. The highest BCUT2D eigenvalue weighted by atomic mass is 16.4. The predicted octanol–water partition coefficient (Wildman–Crippen LogP) is 2.67. The van der Waals surface area contributed by atoms with Crippen LogP contribution in [-0.2, 0) is 11.3 Å². The van der Waals surface area contributed by atoms with Crippen LogP contribution in [0.1, 0.15) is 31.7 Å². The summed E-state index contributed by atoms with van der Waals surface area (Å²) in [7, 11) is 0. The molecule has 0 bridgehead atoms. The second-order valence-electron chi connectivity index (χ2n) is 5.34. The maximum atomic E-state index is 11.2. The van der Waals surface area contributed by atoms with Crippen LogP contribution < -0.4 is 5.32 Å². The van der Waals surface area contributed by atoms with Crippen LogP contribution in [0.15, 0.2) is 30.3 Å². The van der Waals surface area contributed by atoms with Crippen LogP contribution in [0.5, 0.6) is 0 Å². The summed E-state index contributed by atoms with van der Waals surface area (Å²) < 4.78 is 0. The molecule has 0 radical (unpaired) electrons. The van der Waals surface area contributed by atoms with Crippen molar-refractivity contribution in [2.45, 2.75) is 38.8 Å². The molecule has 1 aromatic rings. The van der Waals surface area contributed by atoms with Gasteiger partial charge in [-0.15, -0.1) is 0 Å². The molecule has 0 saturated heterocycles. The molecule has 18 heavy (non-hydrogen) atoms. The molecule has 1 fully saturated rings. The minimum absolute atomic E-state index is 0.103. The summed E-state index contributed by atoms with van der Waals surface area (Å²) in [5.74, 6) is -0.272. The van der Waals surface area contributed by atoms with Gasteiger partial charge in [0.25, 0.3) is 0 Å². The Balaban J connectivity index is 1.94. The number of rotatable bonds is 4. The summed E-state index contributed by atoms with van der Waals surface area (Å²) in [5, 5.41) is 12.7. The Morgan fingerprint density at radius 2 is 2.06 bits per heavy atom. The first-order chi connectivity index (χ1) is 8.66. The summed E-state index contributed by atoms with van der Waals surface area (Å²) in [4.78, 5) is 11.2. The second kappa shape index (κ2) is 6.01. The van der Waals surface area contributed by atoms with Gasteiger partial charge >= 0.3 is 5.97 Å². The highest BCUT2D eigenvalue weighted by Gasteiger charge is 2.33. The van der Waals surface area contributed by atoms with E-state index in [1.54, 1.807) is 0 Å². The largest absolute Gasteiger partial charge is 0.481 e. The number of carboxylic acid groups (broad SMARTS) is 1. The third-order valence-electron chi connectivity index (χ3n) is 3.84. The minimum atomic E-state index is -0.660. The molecule has 1 aromatic carbocycles. The van der Waals surface area contributed by atoms with Gasteiger partial charge in [0.05, 0.1) is 5.92 Å². The standard InChI is InChI=1S/C15H21NO2/c1-11-7-8-13(15(17)18)14(9-11)16-10-12-5-3-2-4-6-12/h2-6,11,13-14,16H,7-10H2,1H3,(H,17,18). The lowest BCUT2D eigenvalue weighted by atomic mass is 9.79. The van der Waals surface area contributed by atoms with Crippen molar-refractivity contribution in [1.29, 1.82) is 0 Å². The number of carboxylic acids is 1. The van der Waals surface area contributed by atoms with E-state index in [2.05, 4.69) is 24.4 Å². The molecule has 0 amide bonds. The van der Waals surface area contributed by atoms with E-state index in [4.69, 9.17) is 0 Å². The Hall–Kier alpha value is -1.35. The van der Waals surface area contributed by atoms with E-state index in [0.29, 0.717) is 5.92 Å². The fourth-order valence-electron chi connectivity index (χ4n) is 2.75. The Bertz CT molecular complexity index is 391. The van der Waals surface area contributed by atoms with Gasteiger partial charge in [-0.3, -0.25) is 4.79 Å². The SMILES string of the molecule is CC1CCC(C(=O)O)C(NCc2ccccc2)C1. The van der Waals surface area contributed by atoms with Gasteiger partial charge in [0, 0.05) is 12.6 Å². The van der Waals surface area contributed by atoms with Crippen LogP contribution in [0.4, 0.5) is 0 Å². The minimum Gasteiger partial charge on any atom is -0.481 e. The van der Waals surface area contributed by atoms with E-state index in [1.165, 1.54) is 5.56 Å². The first-order valence-corrected chi connectivity index (χ1v) is 6.67. The first-order valence-electron chi connectivity index (χ1n) is 6.67. The Morgan fingerprint density at radius 1 is 1.33 bits per heavy atom. The quantitative estimate of drug-likeness (QED) is 0.860. The van der Waals surface area contributed by atoms with Gasteiger partial charge < -0.3 is 10.4 Å². The number of carbonyl (C=O) groups is 1. The Kier molecular flexibility index (Phi) is 4.37. The molecule has 0 aliphatic heterocycles. The molecule has 1 saturated carbocycles. The fourth-order valence-corrected chi connectivity index (χ4v) is 2.75. The van der Waals surface area contributed by atoms with Crippen LogP contribution >= 0.6 is 0 Å². The van der Waals surface area contributed by atoms with Crippen molar-refractivity contribution >= 4 is 5.97 Å². The van der Waals surface area contributed by atoms with Crippen molar-refractivity contribution in [3.8, 4) is 0 Å². The summed E-state index contributed by atoms with van der Waals surface area (Å²) in [6.07, 6.45) is 2.78. The van der Waals surface area contributed by atoms with Gasteiger partial charge in [-0.05, 0) is 30.7 Å². The molecule has 0 spiro atoms. The lowest BCUT2D eigenvalue weighted by Crippen LogP contribution is -2.43. The summed E-state index contributed by atoms with van der Waals surface area (Å²) >= 11 is 0. The topological polar surface area (TPSA) is 49.3 Å². The molecule has 1 aliphatic rings. The van der Waals surface area contributed by atoms with Crippen molar-refractivity contribution in [3.63, 3.8) is 0 Å². The lowest BCUT2D eigenvalue weighted by Gasteiger charge is -2.33. The monoisotopic (exact) mass is 247 g/mol. The van der Waals surface area contributed by atoms with Crippen LogP contribution in [-0.4, -0.2) is 17.1 Å². The zero-order chi connectivity index (χ0) is 13.0. The zero-order valence-electron chi connectivity index (χ0n) is 10.8. The zero-order valence-corrected chi connectivity index (χ0v) is 10.8. The molecule has 2 N–H and O–H groups in total. The third-order valence-corrected chi connectivity index (χ3v) is 3.84. The van der Waals surface area contributed by atoms with Gasteiger partial charge in [-0.25, -0.2) is 0 Å². The van der Waals surface area contributed by atoms with Crippen LogP contribution in [0, 0.1) is 11.8 Å². The molecule has 0 aromatic heterocycles. The van der Waals surface area contributed by atoms with E-state index in [0.717, 1.165) is 25.8 Å². The smallest absolute Gasteiger partial charge is 0.308 e. The molecule has 98 valence electrons. The maximum Gasteiger partial charge on any atom is 0.308 e. The average Bonchev–Trinajstić information content (AvgIpc) is 2.37.